The highest BCUT2D eigenvalue weighted by atomic mass is 35.5. The summed E-state index contributed by atoms with van der Waals surface area (Å²) in [6.45, 7) is 0.761. The molecule has 0 radical (unpaired) electrons. The quantitative estimate of drug-likeness (QED) is 0.787. The molecule has 2 aliphatic heterocycles. The van der Waals surface area contributed by atoms with Gasteiger partial charge in [0.25, 0.3) is 0 Å². The molecule has 0 aromatic heterocycles. The van der Waals surface area contributed by atoms with Gasteiger partial charge in [-0.25, -0.2) is 4.39 Å². The van der Waals surface area contributed by atoms with Crippen molar-refractivity contribution in [1.29, 1.82) is 0 Å². The smallest absolute Gasteiger partial charge is 0.247 e. The number of amides is 1. The third-order valence-corrected chi connectivity index (χ3v) is 4.35. The fourth-order valence-electron chi connectivity index (χ4n) is 2.20. The minimum Gasteiger partial charge on any atom is -0.356 e. The summed E-state index contributed by atoms with van der Waals surface area (Å²) in [7, 11) is 0. The van der Waals surface area contributed by atoms with Gasteiger partial charge in [-0.3, -0.25) is 4.79 Å². The van der Waals surface area contributed by atoms with Gasteiger partial charge >= 0.3 is 0 Å². The Kier molecular flexibility index (Phi) is 2.67. The van der Waals surface area contributed by atoms with Crippen LogP contribution in [0, 0.1) is 5.82 Å². The van der Waals surface area contributed by atoms with Gasteiger partial charge in [0.2, 0.25) is 5.91 Å². The van der Waals surface area contributed by atoms with Crippen molar-refractivity contribution < 1.29 is 9.18 Å². The molecule has 1 aromatic rings. The molecule has 0 saturated carbocycles. The van der Waals surface area contributed by atoms with Crippen molar-refractivity contribution in [2.75, 3.05) is 28.3 Å². The molecule has 1 N–H and O–H groups in total. The lowest BCUT2D eigenvalue weighted by Crippen LogP contribution is -2.52. The number of anilines is 2. The molecule has 0 spiro atoms. The zero-order chi connectivity index (χ0) is 12.0. The Morgan fingerprint density at radius 2 is 2.35 bits per heavy atom. The Hall–Kier alpha value is -0.940. The number of hydrogen-bond acceptors (Lipinski definition) is 3. The van der Waals surface area contributed by atoms with Gasteiger partial charge < -0.3 is 10.2 Å². The second-order valence-corrected chi connectivity index (χ2v) is 5.61. The van der Waals surface area contributed by atoms with Crippen LogP contribution in [0.3, 0.4) is 0 Å². The zero-order valence-corrected chi connectivity index (χ0v) is 10.4. The number of hydrogen-bond donors (Lipinski definition) is 1. The molecule has 3 nitrogen and oxygen atoms in total. The van der Waals surface area contributed by atoms with Crippen LogP contribution in [-0.2, 0) is 4.79 Å². The van der Waals surface area contributed by atoms with Crippen LogP contribution in [0.2, 0.25) is 5.02 Å². The van der Waals surface area contributed by atoms with Crippen LogP contribution in [0.1, 0.15) is 0 Å². The van der Waals surface area contributed by atoms with E-state index in [-0.39, 0.29) is 17.0 Å². The van der Waals surface area contributed by atoms with Gasteiger partial charge in [-0.15, -0.1) is 0 Å². The Labute approximate surface area is 107 Å². The van der Waals surface area contributed by atoms with Crippen LogP contribution in [0.4, 0.5) is 15.8 Å². The molecule has 0 bridgehead atoms. The number of carbonyl (C=O) groups excluding carboxylic acids is 1. The minimum atomic E-state index is -0.446. The van der Waals surface area contributed by atoms with Gasteiger partial charge in [-0.05, 0) is 6.07 Å². The lowest BCUT2D eigenvalue weighted by molar-refractivity contribution is -0.117. The first-order chi connectivity index (χ1) is 8.16. The van der Waals surface area contributed by atoms with Crippen molar-refractivity contribution >= 4 is 40.6 Å². The second-order valence-electron chi connectivity index (χ2n) is 4.06. The molecular formula is C11H10ClFN2OS. The molecule has 2 aliphatic rings. The lowest BCUT2D eigenvalue weighted by atomic mass is 10.1. The van der Waals surface area contributed by atoms with Gasteiger partial charge in [0, 0.05) is 24.1 Å². The van der Waals surface area contributed by atoms with Crippen LogP contribution in [0.15, 0.2) is 12.1 Å². The normalized spacial score (nSPS) is 22.8. The summed E-state index contributed by atoms with van der Waals surface area (Å²) < 4.78 is 13.5. The Balaban J connectivity index is 2.10. The van der Waals surface area contributed by atoms with E-state index >= 15 is 0 Å². The highest BCUT2D eigenvalue weighted by molar-refractivity contribution is 7.99. The summed E-state index contributed by atoms with van der Waals surface area (Å²) in [4.78, 5) is 13.8. The average molecular weight is 273 g/mol. The predicted molar refractivity (Wildman–Crippen MR) is 68.5 cm³/mol. The SMILES string of the molecule is O=C1Nc2cc(Cl)c(F)cc2N2CCSCC12. The van der Waals surface area contributed by atoms with Gasteiger partial charge in [-0.1, -0.05) is 11.6 Å². The summed E-state index contributed by atoms with van der Waals surface area (Å²) >= 11 is 7.46. The molecule has 1 unspecified atom stereocenters. The van der Waals surface area contributed by atoms with Crippen molar-refractivity contribution in [2.45, 2.75) is 6.04 Å². The van der Waals surface area contributed by atoms with Crippen LogP contribution in [0.25, 0.3) is 0 Å². The number of benzene rings is 1. The monoisotopic (exact) mass is 272 g/mol. The predicted octanol–water partition coefficient (Wildman–Crippen LogP) is 2.35. The number of carbonyl (C=O) groups is 1. The summed E-state index contributed by atoms with van der Waals surface area (Å²) in [6, 6.07) is 2.68. The number of fused-ring (bicyclic) bond motifs is 3. The van der Waals surface area contributed by atoms with Crippen molar-refractivity contribution in [3.8, 4) is 0 Å². The number of halogens is 2. The Morgan fingerprint density at radius 1 is 1.53 bits per heavy atom. The van der Waals surface area contributed by atoms with E-state index in [1.54, 1.807) is 11.8 Å². The van der Waals surface area contributed by atoms with Crippen LogP contribution in [-0.4, -0.2) is 30.0 Å². The number of nitrogens with one attached hydrogen (secondary N) is 1. The fraction of sp³-hybridized carbons (Fsp3) is 0.364. The molecule has 1 atom stereocenters. The van der Waals surface area contributed by atoms with E-state index < -0.39 is 5.82 Å². The number of nitrogens with zero attached hydrogens (tertiary/aromatic N) is 1. The minimum absolute atomic E-state index is 0.0348. The molecule has 3 rings (SSSR count). The summed E-state index contributed by atoms with van der Waals surface area (Å²) in [5.74, 6) is 1.22. The summed E-state index contributed by atoms with van der Waals surface area (Å²) in [5.41, 5.74) is 1.33. The van der Waals surface area contributed by atoms with Crippen LogP contribution in [0.5, 0.6) is 0 Å². The van der Waals surface area contributed by atoms with Crippen molar-refractivity contribution in [3.05, 3.63) is 23.0 Å². The Bertz CT molecular complexity index is 497. The van der Waals surface area contributed by atoms with Gasteiger partial charge in [0.1, 0.15) is 11.9 Å². The maximum absolute atomic E-state index is 13.5. The van der Waals surface area contributed by atoms with Crippen LogP contribution < -0.4 is 10.2 Å². The molecule has 6 heteroatoms. The second kappa shape index (κ2) is 4.07. The average Bonchev–Trinajstić information content (AvgIpc) is 2.32. The topological polar surface area (TPSA) is 32.3 Å². The molecule has 1 aromatic carbocycles. The lowest BCUT2D eigenvalue weighted by Gasteiger charge is -2.40. The maximum Gasteiger partial charge on any atom is 0.247 e. The molecule has 2 heterocycles. The van der Waals surface area contributed by atoms with Crippen molar-refractivity contribution in [2.24, 2.45) is 0 Å². The fourth-order valence-corrected chi connectivity index (χ4v) is 3.41. The summed E-state index contributed by atoms with van der Waals surface area (Å²) in [6.07, 6.45) is 0. The van der Waals surface area contributed by atoms with E-state index in [4.69, 9.17) is 11.6 Å². The third-order valence-electron chi connectivity index (χ3n) is 3.04. The number of thioether (sulfide) groups is 1. The van der Waals surface area contributed by atoms with E-state index in [1.165, 1.54) is 12.1 Å². The molecule has 1 fully saturated rings. The molecule has 0 aliphatic carbocycles. The van der Waals surface area contributed by atoms with E-state index in [0.29, 0.717) is 5.69 Å². The third kappa shape index (κ3) is 1.77. The highest BCUT2D eigenvalue weighted by Crippen LogP contribution is 2.37. The maximum atomic E-state index is 13.5. The standard InChI is InChI=1S/C11H10ClFN2OS/c12-6-3-8-9(4-7(6)13)15-1-2-17-5-10(15)11(16)14-8/h3-4,10H,1-2,5H2,(H,14,16). The first kappa shape index (κ1) is 11.2. The molecule has 90 valence electrons. The molecule has 1 amide bonds. The molecule has 1 saturated heterocycles. The van der Waals surface area contributed by atoms with E-state index in [9.17, 15) is 9.18 Å². The van der Waals surface area contributed by atoms with Crippen molar-refractivity contribution in [1.82, 2.24) is 0 Å². The molecule has 17 heavy (non-hydrogen) atoms. The van der Waals surface area contributed by atoms with Crippen LogP contribution >= 0.6 is 23.4 Å². The first-order valence-electron chi connectivity index (χ1n) is 5.31. The van der Waals surface area contributed by atoms with Gasteiger partial charge in [-0.2, -0.15) is 11.8 Å². The van der Waals surface area contributed by atoms with E-state index in [0.717, 1.165) is 23.7 Å². The van der Waals surface area contributed by atoms with Gasteiger partial charge in [0.15, 0.2) is 0 Å². The van der Waals surface area contributed by atoms with Gasteiger partial charge in [0.05, 0.1) is 16.4 Å². The zero-order valence-electron chi connectivity index (χ0n) is 8.87. The number of rotatable bonds is 0. The van der Waals surface area contributed by atoms with E-state index in [2.05, 4.69) is 5.32 Å². The molecular weight excluding hydrogens is 263 g/mol. The summed E-state index contributed by atoms with van der Waals surface area (Å²) in [5, 5.41) is 2.82. The highest BCUT2D eigenvalue weighted by Gasteiger charge is 2.35. The van der Waals surface area contributed by atoms with E-state index in [1.807, 2.05) is 4.90 Å². The largest absolute Gasteiger partial charge is 0.356 e. The first-order valence-corrected chi connectivity index (χ1v) is 6.84. The van der Waals surface area contributed by atoms with Crippen molar-refractivity contribution in [3.63, 3.8) is 0 Å². The Morgan fingerprint density at radius 3 is 3.18 bits per heavy atom.